The van der Waals surface area contributed by atoms with E-state index in [0.29, 0.717) is 6.54 Å². The monoisotopic (exact) mass is 286 g/mol. The molecule has 0 saturated carbocycles. The Balaban J connectivity index is 2.01. The van der Waals surface area contributed by atoms with E-state index < -0.39 is 11.7 Å². The van der Waals surface area contributed by atoms with Crippen LogP contribution in [0, 0.1) is 5.41 Å². The summed E-state index contributed by atoms with van der Waals surface area (Å²) in [5, 5.41) is 3.19. The summed E-state index contributed by atoms with van der Waals surface area (Å²) in [7, 11) is 1.93. The molecule has 1 aromatic rings. The highest BCUT2D eigenvalue weighted by Gasteiger charge is 2.34. The van der Waals surface area contributed by atoms with Gasteiger partial charge in [0, 0.05) is 19.6 Å². The van der Waals surface area contributed by atoms with Crippen LogP contribution in [0.4, 0.5) is 13.2 Å². The van der Waals surface area contributed by atoms with Gasteiger partial charge >= 0.3 is 6.18 Å². The summed E-state index contributed by atoms with van der Waals surface area (Å²) in [6, 6.07) is 5.64. The van der Waals surface area contributed by atoms with Crippen LogP contribution < -0.4 is 5.32 Å². The van der Waals surface area contributed by atoms with E-state index in [1.807, 2.05) is 7.05 Å². The second-order valence-electron chi connectivity index (χ2n) is 6.00. The number of nitrogens with zero attached hydrogens (tertiary/aromatic N) is 1. The van der Waals surface area contributed by atoms with Crippen LogP contribution in [-0.2, 0) is 12.7 Å². The van der Waals surface area contributed by atoms with Crippen molar-refractivity contribution in [2.24, 2.45) is 5.41 Å². The molecule has 0 aliphatic carbocycles. The predicted molar refractivity (Wildman–Crippen MR) is 73.4 cm³/mol. The summed E-state index contributed by atoms with van der Waals surface area (Å²) >= 11 is 0. The van der Waals surface area contributed by atoms with Gasteiger partial charge in [0.2, 0.25) is 0 Å². The summed E-state index contributed by atoms with van der Waals surface area (Å²) in [5.74, 6) is 0. The smallest absolute Gasteiger partial charge is 0.319 e. The van der Waals surface area contributed by atoms with Gasteiger partial charge in [-0.3, -0.25) is 4.90 Å². The highest BCUT2D eigenvalue weighted by atomic mass is 19.4. The Hall–Kier alpha value is -1.07. The number of halogens is 3. The van der Waals surface area contributed by atoms with E-state index in [2.05, 4.69) is 17.1 Å². The maximum Gasteiger partial charge on any atom is 0.416 e. The first kappa shape index (κ1) is 15.3. The number of hydrogen-bond acceptors (Lipinski definition) is 2. The highest BCUT2D eigenvalue weighted by Crippen LogP contribution is 2.32. The summed E-state index contributed by atoms with van der Waals surface area (Å²) < 4.78 is 38.0. The van der Waals surface area contributed by atoms with Crippen molar-refractivity contribution < 1.29 is 13.2 Å². The number of rotatable bonds is 4. The average molecular weight is 286 g/mol. The van der Waals surface area contributed by atoms with Crippen molar-refractivity contribution in [2.45, 2.75) is 26.1 Å². The molecule has 0 spiro atoms. The van der Waals surface area contributed by atoms with Crippen molar-refractivity contribution in [3.8, 4) is 0 Å². The summed E-state index contributed by atoms with van der Waals surface area (Å²) in [4.78, 5) is 2.23. The first-order valence-corrected chi connectivity index (χ1v) is 6.85. The normalized spacial score (nSPS) is 24.2. The molecule has 112 valence electrons. The molecule has 1 atom stereocenters. The van der Waals surface area contributed by atoms with E-state index in [1.54, 1.807) is 6.07 Å². The zero-order chi connectivity index (χ0) is 14.8. The Morgan fingerprint density at radius 1 is 1.35 bits per heavy atom. The highest BCUT2D eigenvalue weighted by molar-refractivity contribution is 5.25. The lowest BCUT2D eigenvalue weighted by molar-refractivity contribution is -0.137. The number of benzene rings is 1. The quantitative estimate of drug-likeness (QED) is 0.915. The number of hydrogen-bond donors (Lipinski definition) is 1. The van der Waals surface area contributed by atoms with Crippen LogP contribution >= 0.6 is 0 Å². The van der Waals surface area contributed by atoms with Crippen molar-refractivity contribution in [2.75, 3.05) is 26.7 Å². The zero-order valence-electron chi connectivity index (χ0n) is 11.9. The van der Waals surface area contributed by atoms with Gasteiger partial charge in [-0.05, 0) is 37.1 Å². The zero-order valence-corrected chi connectivity index (χ0v) is 11.9. The Kier molecular flexibility index (Phi) is 4.39. The van der Waals surface area contributed by atoms with Gasteiger partial charge in [-0.15, -0.1) is 0 Å². The molecule has 1 N–H and O–H groups in total. The van der Waals surface area contributed by atoms with E-state index in [1.165, 1.54) is 12.1 Å². The Labute approximate surface area is 118 Å². The fraction of sp³-hybridized carbons (Fsp3) is 0.600. The lowest BCUT2D eigenvalue weighted by atomic mass is 9.90. The van der Waals surface area contributed by atoms with E-state index in [9.17, 15) is 13.2 Å². The molecule has 1 saturated heterocycles. The van der Waals surface area contributed by atoms with Crippen LogP contribution in [0.15, 0.2) is 24.3 Å². The standard InChI is InChI=1S/C15H21F3N2/c1-14(10-19-2)6-7-20(11-14)9-12-4-3-5-13(8-12)15(16,17)18/h3-5,8,19H,6-7,9-11H2,1-2H3. The fourth-order valence-corrected chi connectivity index (χ4v) is 2.94. The topological polar surface area (TPSA) is 15.3 Å². The third-order valence-corrected chi connectivity index (χ3v) is 3.90. The second-order valence-corrected chi connectivity index (χ2v) is 6.00. The third-order valence-electron chi connectivity index (χ3n) is 3.90. The van der Waals surface area contributed by atoms with E-state index >= 15 is 0 Å². The molecule has 0 bridgehead atoms. The maximum absolute atomic E-state index is 12.7. The van der Waals surface area contributed by atoms with Crippen LogP contribution in [0.5, 0.6) is 0 Å². The Morgan fingerprint density at radius 3 is 2.75 bits per heavy atom. The third kappa shape index (κ3) is 3.73. The molecule has 1 heterocycles. The molecule has 1 aliphatic heterocycles. The second kappa shape index (κ2) is 5.74. The summed E-state index contributed by atoms with van der Waals surface area (Å²) in [6.45, 7) is 5.60. The minimum Gasteiger partial charge on any atom is -0.319 e. The summed E-state index contributed by atoms with van der Waals surface area (Å²) in [5.41, 5.74) is 0.386. The average Bonchev–Trinajstić information content (AvgIpc) is 2.70. The molecule has 2 rings (SSSR count). The SMILES string of the molecule is CNCC1(C)CCN(Cc2cccc(C(F)(F)F)c2)C1. The lowest BCUT2D eigenvalue weighted by Crippen LogP contribution is -2.32. The van der Waals surface area contributed by atoms with Crippen LogP contribution in [-0.4, -0.2) is 31.6 Å². The van der Waals surface area contributed by atoms with Crippen LogP contribution in [0.25, 0.3) is 0 Å². The molecule has 1 fully saturated rings. The van der Waals surface area contributed by atoms with Gasteiger partial charge in [-0.1, -0.05) is 25.1 Å². The van der Waals surface area contributed by atoms with Gasteiger partial charge in [0.25, 0.3) is 0 Å². The van der Waals surface area contributed by atoms with Crippen LogP contribution in [0.2, 0.25) is 0 Å². The lowest BCUT2D eigenvalue weighted by Gasteiger charge is -2.24. The minimum atomic E-state index is -4.26. The van der Waals surface area contributed by atoms with E-state index in [0.717, 1.165) is 37.7 Å². The molecule has 1 aliphatic rings. The van der Waals surface area contributed by atoms with Gasteiger partial charge < -0.3 is 5.32 Å². The molecule has 1 aromatic carbocycles. The van der Waals surface area contributed by atoms with Crippen LogP contribution in [0.1, 0.15) is 24.5 Å². The number of nitrogens with one attached hydrogen (secondary N) is 1. The first-order valence-electron chi connectivity index (χ1n) is 6.85. The molecule has 0 radical (unpaired) electrons. The van der Waals surface area contributed by atoms with Gasteiger partial charge in [-0.25, -0.2) is 0 Å². The number of likely N-dealkylation sites (tertiary alicyclic amines) is 1. The fourth-order valence-electron chi connectivity index (χ4n) is 2.94. The maximum atomic E-state index is 12.7. The minimum absolute atomic E-state index is 0.219. The molecular formula is C15H21F3N2. The Morgan fingerprint density at radius 2 is 2.10 bits per heavy atom. The van der Waals surface area contributed by atoms with Gasteiger partial charge in [0.1, 0.15) is 0 Å². The van der Waals surface area contributed by atoms with Crippen molar-refractivity contribution >= 4 is 0 Å². The van der Waals surface area contributed by atoms with Crippen molar-refractivity contribution in [3.63, 3.8) is 0 Å². The molecule has 0 aromatic heterocycles. The van der Waals surface area contributed by atoms with Crippen molar-refractivity contribution in [1.82, 2.24) is 10.2 Å². The van der Waals surface area contributed by atoms with Crippen LogP contribution in [0.3, 0.4) is 0 Å². The van der Waals surface area contributed by atoms with Gasteiger partial charge in [-0.2, -0.15) is 13.2 Å². The molecule has 5 heteroatoms. The molecule has 1 unspecified atom stereocenters. The molecule has 2 nitrogen and oxygen atoms in total. The van der Waals surface area contributed by atoms with Crippen molar-refractivity contribution in [1.29, 1.82) is 0 Å². The first-order chi connectivity index (χ1) is 9.32. The largest absolute Gasteiger partial charge is 0.416 e. The van der Waals surface area contributed by atoms with Crippen molar-refractivity contribution in [3.05, 3.63) is 35.4 Å². The molecule has 0 amide bonds. The predicted octanol–water partition coefficient (Wildman–Crippen LogP) is 3.14. The molecular weight excluding hydrogens is 265 g/mol. The van der Waals surface area contributed by atoms with Gasteiger partial charge in [0.05, 0.1) is 5.56 Å². The summed E-state index contributed by atoms with van der Waals surface area (Å²) in [6.07, 6.45) is -3.19. The Bertz CT molecular complexity index is 459. The van der Waals surface area contributed by atoms with E-state index in [-0.39, 0.29) is 5.41 Å². The van der Waals surface area contributed by atoms with Gasteiger partial charge in [0.15, 0.2) is 0 Å². The van der Waals surface area contributed by atoms with E-state index in [4.69, 9.17) is 0 Å². The number of alkyl halides is 3. The molecule has 20 heavy (non-hydrogen) atoms.